The number of aromatic nitrogens is 5. The van der Waals surface area contributed by atoms with Crippen LogP contribution in [0.25, 0.3) is 22.3 Å². The van der Waals surface area contributed by atoms with Crippen molar-refractivity contribution in [2.24, 2.45) is 0 Å². The lowest BCUT2D eigenvalue weighted by atomic mass is 10.1. The van der Waals surface area contributed by atoms with Crippen LogP contribution in [0, 0.1) is 0 Å². The van der Waals surface area contributed by atoms with Gasteiger partial charge in [0.05, 0.1) is 17.6 Å². The van der Waals surface area contributed by atoms with Gasteiger partial charge in [-0.3, -0.25) is 4.79 Å². The average molecular weight is 451 g/mol. The first-order chi connectivity index (χ1) is 16.7. The minimum absolute atomic E-state index is 0.0439. The molecule has 34 heavy (non-hydrogen) atoms. The molecule has 5 rings (SSSR count). The number of H-pyrrole nitrogens is 1. The Bertz CT molecular complexity index is 1380. The highest BCUT2D eigenvalue weighted by Gasteiger charge is 2.06. The van der Waals surface area contributed by atoms with E-state index in [2.05, 4.69) is 30.9 Å². The van der Waals surface area contributed by atoms with Crippen molar-refractivity contribution in [2.45, 2.75) is 19.6 Å². The zero-order valence-corrected chi connectivity index (χ0v) is 18.3. The van der Waals surface area contributed by atoms with Gasteiger partial charge in [-0.15, -0.1) is 5.10 Å². The van der Waals surface area contributed by atoms with Gasteiger partial charge in [-0.1, -0.05) is 60.7 Å². The van der Waals surface area contributed by atoms with E-state index in [1.165, 1.54) is 0 Å². The number of para-hydroxylation sites is 1. The first kappa shape index (κ1) is 21.3. The zero-order chi connectivity index (χ0) is 23.2. The Hall–Kier alpha value is -4.59. The van der Waals surface area contributed by atoms with E-state index in [4.69, 9.17) is 4.74 Å². The van der Waals surface area contributed by atoms with Gasteiger partial charge in [0, 0.05) is 17.5 Å². The van der Waals surface area contributed by atoms with Crippen LogP contribution < -0.4 is 10.1 Å². The number of carbonyl (C=O) groups is 1. The third-order valence-electron chi connectivity index (χ3n) is 5.39. The molecule has 2 heterocycles. The summed E-state index contributed by atoms with van der Waals surface area (Å²) in [6.45, 7) is 0.837. The Morgan fingerprint density at radius 2 is 1.68 bits per heavy atom. The van der Waals surface area contributed by atoms with Gasteiger partial charge in [0.15, 0.2) is 5.82 Å². The lowest BCUT2D eigenvalue weighted by Gasteiger charge is -2.09. The molecule has 8 nitrogen and oxygen atoms in total. The summed E-state index contributed by atoms with van der Waals surface area (Å²) in [5.74, 6) is 1.30. The Labute approximate surface area is 196 Å². The second-order valence-corrected chi connectivity index (χ2v) is 7.83. The molecule has 0 unspecified atom stereocenters. The van der Waals surface area contributed by atoms with E-state index in [0.29, 0.717) is 25.4 Å². The van der Waals surface area contributed by atoms with Crippen molar-refractivity contribution < 1.29 is 9.53 Å². The van der Waals surface area contributed by atoms with Crippen LogP contribution in [0.1, 0.15) is 16.8 Å². The summed E-state index contributed by atoms with van der Waals surface area (Å²) in [6.07, 6.45) is 0.300. The fourth-order valence-corrected chi connectivity index (χ4v) is 3.56. The Kier molecular flexibility index (Phi) is 6.20. The van der Waals surface area contributed by atoms with E-state index in [1.54, 1.807) is 0 Å². The van der Waals surface area contributed by atoms with E-state index in [-0.39, 0.29) is 5.91 Å². The van der Waals surface area contributed by atoms with Crippen LogP contribution in [0.3, 0.4) is 0 Å². The van der Waals surface area contributed by atoms with Gasteiger partial charge in [0.1, 0.15) is 12.4 Å². The molecule has 1 amide bonds. The first-order valence-electron chi connectivity index (χ1n) is 10.9. The fraction of sp³-hybridized carbons (Fsp3) is 0.115. The van der Waals surface area contributed by atoms with Gasteiger partial charge in [0.2, 0.25) is 5.91 Å². The number of nitrogens with zero attached hydrogens (tertiary/aromatic N) is 4. The van der Waals surface area contributed by atoms with Crippen LogP contribution in [-0.4, -0.2) is 31.5 Å². The third kappa shape index (κ3) is 5.24. The second kappa shape index (κ2) is 9.91. The molecule has 0 spiro atoms. The normalized spacial score (nSPS) is 10.8. The third-order valence-corrected chi connectivity index (χ3v) is 5.39. The summed E-state index contributed by atoms with van der Waals surface area (Å²) < 4.78 is 5.87. The van der Waals surface area contributed by atoms with Crippen molar-refractivity contribution in [3.63, 3.8) is 0 Å². The van der Waals surface area contributed by atoms with E-state index in [9.17, 15) is 4.79 Å². The van der Waals surface area contributed by atoms with E-state index >= 15 is 0 Å². The molecule has 5 aromatic rings. The molecular formula is C26H22N6O2. The minimum atomic E-state index is -0.0439. The lowest BCUT2D eigenvalue weighted by molar-refractivity contribution is -0.120. The van der Waals surface area contributed by atoms with E-state index in [0.717, 1.165) is 39.0 Å². The van der Waals surface area contributed by atoms with Gasteiger partial charge in [-0.05, 0) is 45.8 Å². The Balaban J connectivity index is 1.10. The first-order valence-corrected chi connectivity index (χ1v) is 10.9. The van der Waals surface area contributed by atoms with Crippen LogP contribution in [0.15, 0.2) is 84.9 Å². The highest BCUT2D eigenvalue weighted by atomic mass is 16.5. The quantitative estimate of drug-likeness (QED) is 0.372. The molecule has 0 aliphatic rings. The Morgan fingerprint density at radius 1 is 0.882 bits per heavy atom. The number of rotatable bonds is 8. The number of hydrogen-bond donors (Lipinski definition) is 2. The molecule has 168 valence electrons. The monoisotopic (exact) mass is 450 g/mol. The number of hydrogen-bond acceptors (Lipinski definition) is 6. The highest BCUT2D eigenvalue weighted by Crippen LogP contribution is 2.17. The summed E-state index contributed by atoms with van der Waals surface area (Å²) >= 11 is 0. The van der Waals surface area contributed by atoms with Crippen LogP contribution >= 0.6 is 0 Å². The number of nitrogens with one attached hydrogen (secondary N) is 2. The van der Waals surface area contributed by atoms with Gasteiger partial charge in [-0.25, -0.2) is 10.1 Å². The van der Waals surface area contributed by atoms with Crippen LogP contribution in [0.2, 0.25) is 0 Å². The summed E-state index contributed by atoms with van der Waals surface area (Å²) in [5.41, 5.74) is 4.62. The molecule has 2 N–H and O–H groups in total. The molecule has 0 aliphatic heterocycles. The SMILES string of the molecule is O=C(Cc1ccc(OCc2ccc3ccccc3n2)cc1)NCc1ccc(-c2nnn[nH]2)cc1. The predicted molar refractivity (Wildman–Crippen MR) is 128 cm³/mol. The minimum Gasteiger partial charge on any atom is -0.487 e. The van der Waals surface area contributed by atoms with Gasteiger partial charge >= 0.3 is 0 Å². The number of tetrazole rings is 1. The molecular weight excluding hydrogens is 428 g/mol. The molecule has 0 aliphatic carbocycles. The maximum atomic E-state index is 12.4. The van der Waals surface area contributed by atoms with Crippen molar-refractivity contribution >= 4 is 16.8 Å². The van der Waals surface area contributed by atoms with Crippen molar-refractivity contribution in [2.75, 3.05) is 0 Å². The largest absolute Gasteiger partial charge is 0.487 e. The highest BCUT2D eigenvalue weighted by molar-refractivity contribution is 5.79. The maximum absolute atomic E-state index is 12.4. The second-order valence-electron chi connectivity index (χ2n) is 7.83. The van der Waals surface area contributed by atoms with Gasteiger partial charge < -0.3 is 10.1 Å². The molecule has 0 atom stereocenters. The fourth-order valence-electron chi connectivity index (χ4n) is 3.56. The smallest absolute Gasteiger partial charge is 0.224 e. The van der Waals surface area contributed by atoms with Crippen molar-refractivity contribution in [3.05, 3.63) is 102 Å². The number of benzene rings is 3. The van der Waals surface area contributed by atoms with E-state index in [1.807, 2.05) is 84.9 Å². The predicted octanol–water partition coefficient (Wildman–Crippen LogP) is 3.85. The number of amides is 1. The standard InChI is InChI=1S/C26H22N6O2/c33-25(27-16-19-5-9-21(10-6-19)26-29-31-32-30-26)15-18-7-13-23(14-8-18)34-17-22-12-11-20-3-1-2-4-24(20)28-22/h1-14H,15-17H2,(H,27,33)(H,29,30,31,32). The molecule has 8 heteroatoms. The molecule has 0 bridgehead atoms. The summed E-state index contributed by atoms with van der Waals surface area (Å²) in [4.78, 5) is 17.0. The summed E-state index contributed by atoms with van der Waals surface area (Å²) in [7, 11) is 0. The number of fused-ring (bicyclic) bond motifs is 1. The van der Waals surface area contributed by atoms with Crippen LogP contribution in [0.4, 0.5) is 0 Å². The number of carbonyl (C=O) groups excluding carboxylic acids is 1. The molecule has 3 aromatic carbocycles. The number of aromatic amines is 1. The lowest BCUT2D eigenvalue weighted by Crippen LogP contribution is -2.24. The molecule has 0 saturated carbocycles. The van der Waals surface area contributed by atoms with Crippen LogP contribution in [0.5, 0.6) is 5.75 Å². The Morgan fingerprint density at radius 3 is 2.47 bits per heavy atom. The van der Waals surface area contributed by atoms with Gasteiger partial charge in [-0.2, -0.15) is 0 Å². The van der Waals surface area contributed by atoms with Crippen molar-refractivity contribution in [3.8, 4) is 17.1 Å². The van der Waals surface area contributed by atoms with Crippen LogP contribution in [-0.2, 0) is 24.4 Å². The average Bonchev–Trinajstić information content (AvgIpc) is 3.42. The number of pyridine rings is 1. The molecule has 0 saturated heterocycles. The molecule has 0 fully saturated rings. The zero-order valence-electron chi connectivity index (χ0n) is 18.3. The topological polar surface area (TPSA) is 106 Å². The summed E-state index contributed by atoms with van der Waals surface area (Å²) in [6, 6.07) is 27.3. The summed E-state index contributed by atoms with van der Waals surface area (Å²) in [5, 5.41) is 17.8. The van der Waals surface area contributed by atoms with Crippen molar-refractivity contribution in [1.29, 1.82) is 0 Å². The van der Waals surface area contributed by atoms with Crippen molar-refractivity contribution in [1.82, 2.24) is 30.9 Å². The molecule has 2 aromatic heterocycles. The van der Waals surface area contributed by atoms with E-state index < -0.39 is 0 Å². The molecule has 0 radical (unpaired) electrons. The number of ether oxygens (including phenoxy) is 1. The van der Waals surface area contributed by atoms with Gasteiger partial charge in [0.25, 0.3) is 0 Å². The maximum Gasteiger partial charge on any atom is 0.224 e.